The smallest absolute Gasteiger partial charge is 0.0319 e. The fourth-order valence-corrected chi connectivity index (χ4v) is 1.51. The first-order chi connectivity index (χ1) is 7.68. The van der Waals surface area contributed by atoms with Gasteiger partial charge in [-0.1, -0.05) is 71.3 Å². The van der Waals surface area contributed by atoms with Crippen molar-refractivity contribution < 1.29 is 0 Å². The van der Waals surface area contributed by atoms with Gasteiger partial charge in [0.1, 0.15) is 0 Å². The zero-order valence-electron chi connectivity index (χ0n) is 11.7. The molecule has 0 amide bonds. The van der Waals surface area contributed by atoms with Crippen molar-refractivity contribution in [3.05, 3.63) is 24.3 Å². The maximum atomic E-state index is 2.32. The first-order valence-electron chi connectivity index (χ1n) is 7.00. The van der Waals surface area contributed by atoms with Crippen LogP contribution in [-0.4, -0.2) is 0 Å². The van der Waals surface area contributed by atoms with E-state index in [1.807, 2.05) is 0 Å². The zero-order valence-corrected chi connectivity index (χ0v) is 11.7. The van der Waals surface area contributed by atoms with E-state index in [9.17, 15) is 0 Å². The van der Waals surface area contributed by atoms with Crippen LogP contribution in [0.2, 0.25) is 0 Å². The van der Waals surface area contributed by atoms with Crippen molar-refractivity contribution in [1.29, 1.82) is 0 Å². The van der Waals surface area contributed by atoms with Gasteiger partial charge in [-0.2, -0.15) is 0 Å². The lowest BCUT2D eigenvalue weighted by Crippen LogP contribution is -2.01. The summed E-state index contributed by atoms with van der Waals surface area (Å²) >= 11 is 0. The lowest BCUT2D eigenvalue weighted by molar-refractivity contribution is 0.424. The Bertz CT molecular complexity index is 186. The van der Waals surface area contributed by atoms with E-state index in [0.29, 0.717) is 0 Å². The second-order valence-corrected chi connectivity index (χ2v) is 5.16. The summed E-state index contributed by atoms with van der Waals surface area (Å²) in [6, 6.07) is 0. The summed E-state index contributed by atoms with van der Waals surface area (Å²) in [5, 5.41) is 0. The second-order valence-electron chi connectivity index (χ2n) is 5.16. The molecule has 0 aromatic carbocycles. The molecular formula is C16H30. The van der Waals surface area contributed by atoms with Crippen molar-refractivity contribution in [2.45, 2.75) is 66.2 Å². The van der Waals surface area contributed by atoms with E-state index in [4.69, 9.17) is 0 Å². The molecule has 0 N–H and O–H groups in total. The third kappa shape index (κ3) is 10.0. The van der Waals surface area contributed by atoms with E-state index < -0.39 is 0 Å². The maximum absolute atomic E-state index is 2.32. The van der Waals surface area contributed by atoms with Crippen LogP contribution < -0.4 is 0 Å². The minimum atomic E-state index is 0.794. The van der Waals surface area contributed by atoms with Crippen LogP contribution in [-0.2, 0) is 0 Å². The molecule has 0 spiro atoms. The van der Waals surface area contributed by atoms with E-state index in [1.165, 1.54) is 38.5 Å². The van der Waals surface area contributed by atoms with Crippen LogP contribution in [0.5, 0.6) is 0 Å². The highest BCUT2D eigenvalue weighted by Gasteiger charge is 2.02. The molecule has 0 heterocycles. The van der Waals surface area contributed by atoms with Gasteiger partial charge in [-0.3, -0.25) is 0 Å². The van der Waals surface area contributed by atoms with Crippen LogP contribution in [0.15, 0.2) is 24.3 Å². The molecule has 1 atom stereocenters. The minimum absolute atomic E-state index is 0.794. The van der Waals surface area contributed by atoms with E-state index in [2.05, 4.69) is 52.0 Å². The molecule has 0 aliphatic heterocycles. The van der Waals surface area contributed by atoms with Gasteiger partial charge in [0.15, 0.2) is 0 Å². The Morgan fingerprint density at radius 3 is 2.19 bits per heavy atom. The first-order valence-corrected chi connectivity index (χ1v) is 7.00. The summed E-state index contributed by atoms with van der Waals surface area (Å²) in [5.74, 6) is 1.59. The van der Waals surface area contributed by atoms with E-state index in [0.717, 1.165) is 11.8 Å². The number of unbranched alkanes of at least 4 members (excludes halogenated alkanes) is 4. The molecule has 0 saturated heterocycles. The molecule has 0 aliphatic carbocycles. The third-order valence-corrected chi connectivity index (χ3v) is 3.25. The number of hydrogen-bond acceptors (Lipinski definition) is 0. The molecule has 0 rings (SSSR count). The lowest BCUT2D eigenvalue weighted by atomic mass is 9.95. The molecule has 1 unspecified atom stereocenters. The standard InChI is InChI=1S/C16H30/c1-5-6-7-8-9-10-11-12-13-14-16(4)15(2)3/h10-13,15-16H,5-9,14H2,1-4H3/b11-10+,13-12+. The monoisotopic (exact) mass is 222 g/mol. The summed E-state index contributed by atoms with van der Waals surface area (Å²) in [6.07, 6.45) is 16.9. The molecular weight excluding hydrogens is 192 g/mol. The van der Waals surface area contributed by atoms with Crippen molar-refractivity contribution in [2.75, 3.05) is 0 Å². The SMILES string of the molecule is CCCCCC/C=C/C=C/CC(C)C(C)C. The summed E-state index contributed by atoms with van der Waals surface area (Å²) in [5.41, 5.74) is 0. The van der Waals surface area contributed by atoms with Gasteiger partial charge in [0.25, 0.3) is 0 Å². The second kappa shape index (κ2) is 11.0. The Hall–Kier alpha value is -0.520. The van der Waals surface area contributed by atoms with Gasteiger partial charge in [-0.15, -0.1) is 0 Å². The molecule has 0 aliphatic rings. The zero-order chi connectivity index (χ0) is 12.2. The number of hydrogen-bond donors (Lipinski definition) is 0. The Morgan fingerprint density at radius 1 is 0.875 bits per heavy atom. The molecule has 0 saturated carbocycles. The largest absolute Gasteiger partial charge is 0.0845 e. The molecule has 0 aromatic heterocycles. The highest BCUT2D eigenvalue weighted by atomic mass is 14.1. The van der Waals surface area contributed by atoms with Gasteiger partial charge in [-0.25, -0.2) is 0 Å². The Balaban J connectivity index is 3.41. The van der Waals surface area contributed by atoms with Crippen LogP contribution in [0.1, 0.15) is 66.2 Å². The molecule has 94 valence electrons. The third-order valence-electron chi connectivity index (χ3n) is 3.25. The first kappa shape index (κ1) is 15.5. The fourth-order valence-electron chi connectivity index (χ4n) is 1.51. The highest BCUT2D eigenvalue weighted by molar-refractivity contribution is 5.02. The van der Waals surface area contributed by atoms with Gasteiger partial charge in [0, 0.05) is 0 Å². The van der Waals surface area contributed by atoms with E-state index in [-0.39, 0.29) is 0 Å². The van der Waals surface area contributed by atoms with E-state index >= 15 is 0 Å². The number of rotatable bonds is 9. The van der Waals surface area contributed by atoms with Crippen LogP contribution in [0.4, 0.5) is 0 Å². The molecule has 0 bridgehead atoms. The van der Waals surface area contributed by atoms with Crippen molar-refractivity contribution in [3.8, 4) is 0 Å². The summed E-state index contributed by atoms with van der Waals surface area (Å²) in [7, 11) is 0. The van der Waals surface area contributed by atoms with Crippen LogP contribution >= 0.6 is 0 Å². The summed E-state index contributed by atoms with van der Waals surface area (Å²) < 4.78 is 0. The van der Waals surface area contributed by atoms with Crippen LogP contribution in [0.25, 0.3) is 0 Å². The highest BCUT2D eigenvalue weighted by Crippen LogP contribution is 2.14. The predicted molar refractivity (Wildman–Crippen MR) is 75.7 cm³/mol. The molecule has 0 fully saturated rings. The topological polar surface area (TPSA) is 0 Å². The normalized spacial score (nSPS) is 14.3. The van der Waals surface area contributed by atoms with Gasteiger partial charge >= 0.3 is 0 Å². The summed E-state index contributed by atoms with van der Waals surface area (Å²) in [4.78, 5) is 0. The van der Waals surface area contributed by atoms with Gasteiger partial charge < -0.3 is 0 Å². The van der Waals surface area contributed by atoms with Crippen molar-refractivity contribution in [2.24, 2.45) is 11.8 Å². The van der Waals surface area contributed by atoms with Gasteiger partial charge in [0.05, 0.1) is 0 Å². The van der Waals surface area contributed by atoms with Crippen LogP contribution in [0, 0.1) is 11.8 Å². The average molecular weight is 222 g/mol. The molecule has 0 aromatic rings. The molecule has 16 heavy (non-hydrogen) atoms. The molecule has 0 nitrogen and oxygen atoms in total. The Kier molecular flexibility index (Phi) is 10.6. The lowest BCUT2D eigenvalue weighted by Gasteiger charge is -2.11. The average Bonchev–Trinajstić information content (AvgIpc) is 2.26. The predicted octanol–water partition coefficient (Wildman–Crippen LogP) is 5.75. The van der Waals surface area contributed by atoms with Crippen molar-refractivity contribution >= 4 is 0 Å². The van der Waals surface area contributed by atoms with Crippen LogP contribution in [0.3, 0.4) is 0 Å². The quantitative estimate of drug-likeness (QED) is 0.344. The van der Waals surface area contributed by atoms with Gasteiger partial charge in [-0.05, 0) is 31.1 Å². The van der Waals surface area contributed by atoms with Crippen molar-refractivity contribution in [3.63, 3.8) is 0 Å². The maximum Gasteiger partial charge on any atom is -0.0319 e. The Morgan fingerprint density at radius 2 is 1.56 bits per heavy atom. The molecule has 0 heteroatoms. The Labute approximate surface area is 103 Å². The van der Waals surface area contributed by atoms with E-state index in [1.54, 1.807) is 0 Å². The summed E-state index contributed by atoms with van der Waals surface area (Å²) in [6.45, 7) is 9.17. The minimum Gasteiger partial charge on any atom is -0.0845 e. The number of allylic oxidation sites excluding steroid dienone is 4. The van der Waals surface area contributed by atoms with Gasteiger partial charge in [0.2, 0.25) is 0 Å². The molecule has 0 radical (unpaired) electrons. The fraction of sp³-hybridized carbons (Fsp3) is 0.750. The van der Waals surface area contributed by atoms with Crippen molar-refractivity contribution in [1.82, 2.24) is 0 Å².